The molecule has 1 aliphatic rings. The maximum Gasteiger partial charge on any atom is 0.261 e. The summed E-state index contributed by atoms with van der Waals surface area (Å²) in [5.41, 5.74) is 2.98. The molecule has 184 valence electrons. The fourth-order valence-electron chi connectivity index (χ4n) is 4.08. The number of sulfonamides is 1. The predicted octanol–water partition coefficient (Wildman–Crippen LogP) is 5.95. The molecule has 3 aromatic carbocycles. The van der Waals surface area contributed by atoms with Crippen LogP contribution in [0.5, 0.6) is 0 Å². The van der Waals surface area contributed by atoms with Gasteiger partial charge in [-0.3, -0.25) is 14.4 Å². The number of rotatable bonds is 7. The van der Waals surface area contributed by atoms with Gasteiger partial charge >= 0.3 is 0 Å². The van der Waals surface area contributed by atoms with Crippen LogP contribution in [0, 0.1) is 12.8 Å². The molecule has 3 aromatic rings. The number of amides is 1. The van der Waals surface area contributed by atoms with Crippen LogP contribution in [-0.4, -0.2) is 32.3 Å². The lowest BCUT2D eigenvalue weighted by Crippen LogP contribution is -2.37. The lowest BCUT2D eigenvalue weighted by molar-refractivity contribution is -0.121. The van der Waals surface area contributed by atoms with E-state index in [0.717, 1.165) is 48.6 Å². The molecule has 0 atom stereocenters. The third kappa shape index (κ3) is 6.76. The summed E-state index contributed by atoms with van der Waals surface area (Å²) in [6.07, 6.45) is 1.53. The average Bonchev–Trinajstić information content (AvgIpc) is 2.82. The topological polar surface area (TPSA) is 78.5 Å². The van der Waals surface area contributed by atoms with Crippen LogP contribution in [0.3, 0.4) is 0 Å². The highest BCUT2D eigenvalue weighted by molar-refractivity contribution is 7.92. The number of hydrogen-bond acceptors (Lipinski definition) is 4. The van der Waals surface area contributed by atoms with Crippen LogP contribution >= 0.6 is 23.2 Å². The number of likely N-dealkylation sites (tertiary alicyclic amines) is 1. The summed E-state index contributed by atoms with van der Waals surface area (Å²) < 4.78 is 27.9. The molecule has 0 spiro atoms. The maximum atomic E-state index is 12.8. The second-order valence-electron chi connectivity index (χ2n) is 8.76. The number of nitrogens with one attached hydrogen (secondary N) is 2. The van der Waals surface area contributed by atoms with Crippen molar-refractivity contribution in [1.82, 2.24) is 4.90 Å². The van der Waals surface area contributed by atoms with Crippen LogP contribution in [-0.2, 0) is 21.4 Å². The minimum absolute atomic E-state index is 0.0459. The van der Waals surface area contributed by atoms with Gasteiger partial charge in [-0.15, -0.1) is 0 Å². The Bertz CT molecular complexity index is 1310. The van der Waals surface area contributed by atoms with Crippen molar-refractivity contribution >= 4 is 50.5 Å². The first-order chi connectivity index (χ1) is 16.7. The Morgan fingerprint density at radius 2 is 1.66 bits per heavy atom. The average molecular weight is 532 g/mol. The number of benzene rings is 3. The van der Waals surface area contributed by atoms with Crippen LogP contribution in [0.1, 0.15) is 24.0 Å². The van der Waals surface area contributed by atoms with Crippen LogP contribution < -0.4 is 10.0 Å². The Labute approximate surface area is 216 Å². The molecule has 1 heterocycles. The SMILES string of the molecule is Cc1ccc(NS(=O)(=O)c2ccc(NC(=O)C3CCN(Cc4cccc(Cl)c4)CC3)cc2)cc1Cl. The number of piperidine rings is 1. The number of halogens is 2. The first kappa shape index (κ1) is 25.5. The largest absolute Gasteiger partial charge is 0.326 e. The number of carbonyl (C=O) groups excluding carboxylic acids is 1. The molecular weight excluding hydrogens is 505 g/mol. The molecule has 9 heteroatoms. The summed E-state index contributed by atoms with van der Waals surface area (Å²) in [5, 5.41) is 4.13. The third-order valence-electron chi connectivity index (χ3n) is 6.11. The molecule has 1 fully saturated rings. The van der Waals surface area contributed by atoms with Crippen LogP contribution in [0.4, 0.5) is 11.4 Å². The van der Waals surface area contributed by atoms with Gasteiger partial charge < -0.3 is 5.32 Å². The molecule has 1 saturated heterocycles. The first-order valence-electron chi connectivity index (χ1n) is 11.4. The van der Waals surface area contributed by atoms with Crippen molar-refractivity contribution in [2.75, 3.05) is 23.1 Å². The fraction of sp³-hybridized carbons (Fsp3) is 0.269. The van der Waals surface area contributed by atoms with Gasteiger partial charge in [-0.1, -0.05) is 41.4 Å². The Balaban J connectivity index is 1.30. The zero-order valence-electron chi connectivity index (χ0n) is 19.3. The van der Waals surface area contributed by atoms with E-state index in [4.69, 9.17) is 23.2 Å². The van der Waals surface area contributed by atoms with Crippen molar-refractivity contribution in [3.8, 4) is 0 Å². The van der Waals surface area contributed by atoms with Crippen molar-refractivity contribution in [1.29, 1.82) is 0 Å². The minimum atomic E-state index is -3.78. The molecule has 6 nitrogen and oxygen atoms in total. The molecule has 0 radical (unpaired) electrons. The van der Waals surface area contributed by atoms with E-state index in [9.17, 15) is 13.2 Å². The summed E-state index contributed by atoms with van der Waals surface area (Å²) >= 11 is 12.2. The predicted molar refractivity (Wildman–Crippen MR) is 142 cm³/mol. The Hall–Kier alpha value is -2.58. The van der Waals surface area contributed by atoms with Crippen LogP contribution in [0.25, 0.3) is 0 Å². The summed E-state index contributed by atoms with van der Waals surface area (Å²) in [6, 6.07) is 19.0. The number of hydrogen-bond donors (Lipinski definition) is 2. The number of aryl methyl sites for hydroxylation is 1. The molecular formula is C26H27Cl2N3O3S. The van der Waals surface area contributed by atoms with Crippen molar-refractivity contribution in [2.45, 2.75) is 31.2 Å². The zero-order valence-corrected chi connectivity index (χ0v) is 21.6. The second-order valence-corrected chi connectivity index (χ2v) is 11.3. The monoisotopic (exact) mass is 531 g/mol. The Kier molecular flexibility index (Phi) is 8.02. The van der Waals surface area contributed by atoms with Gasteiger partial charge in [0.15, 0.2) is 0 Å². The molecule has 1 amide bonds. The lowest BCUT2D eigenvalue weighted by Gasteiger charge is -2.31. The molecule has 0 bridgehead atoms. The molecule has 0 saturated carbocycles. The van der Waals surface area contributed by atoms with Gasteiger partial charge in [-0.2, -0.15) is 0 Å². The summed E-state index contributed by atoms with van der Waals surface area (Å²) in [7, 11) is -3.78. The highest BCUT2D eigenvalue weighted by Crippen LogP contribution is 2.25. The molecule has 0 aliphatic carbocycles. The van der Waals surface area contributed by atoms with Gasteiger partial charge in [-0.25, -0.2) is 8.42 Å². The summed E-state index contributed by atoms with van der Waals surface area (Å²) in [4.78, 5) is 15.2. The standard InChI is InChI=1S/C26H27Cl2N3O3S/c1-18-5-6-23(16-25(18)28)30-35(33,34)24-9-7-22(8-10-24)29-26(32)20-11-13-31(14-12-20)17-19-3-2-4-21(27)15-19/h2-10,15-16,20,30H,11-14,17H2,1H3,(H,29,32). The van der Waals surface area contributed by atoms with Crippen molar-refractivity contribution < 1.29 is 13.2 Å². The Morgan fingerprint density at radius 3 is 2.31 bits per heavy atom. The van der Waals surface area contributed by atoms with Crippen molar-refractivity contribution in [3.63, 3.8) is 0 Å². The molecule has 35 heavy (non-hydrogen) atoms. The van der Waals surface area contributed by atoms with E-state index in [-0.39, 0.29) is 16.7 Å². The van der Waals surface area contributed by atoms with E-state index in [1.807, 2.05) is 25.1 Å². The third-order valence-corrected chi connectivity index (χ3v) is 8.15. The lowest BCUT2D eigenvalue weighted by atomic mass is 9.95. The maximum absolute atomic E-state index is 12.8. The van der Waals surface area contributed by atoms with E-state index in [2.05, 4.69) is 21.0 Å². The Morgan fingerprint density at radius 1 is 0.971 bits per heavy atom. The molecule has 0 aromatic heterocycles. The normalized spacial score (nSPS) is 15.1. The van der Waals surface area contributed by atoms with E-state index in [1.54, 1.807) is 30.3 Å². The van der Waals surface area contributed by atoms with E-state index in [1.165, 1.54) is 12.1 Å². The van der Waals surface area contributed by atoms with E-state index < -0.39 is 10.0 Å². The smallest absolute Gasteiger partial charge is 0.261 e. The highest BCUT2D eigenvalue weighted by Gasteiger charge is 2.25. The second kappa shape index (κ2) is 11.0. The van der Waals surface area contributed by atoms with E-state index >= 15 is 0 Å². The van der Waals surface area contributed by atoms with Crippen LogP contribution in [0.2, 0.25) is 10.0 Å². The molecule has 0 unspecified atom stereocenters. The van der Waals surface area contributed by atoms with Gasteiger partial charge in [0.2, 0.25) is 5.91 Å². The van der Waals surface area contributed by atoms with Gasteiger partial charge in [0.25, 0.3) is 10.0 Å². The number of carbonyl (C=O) groups is 1. The van der Waals surface area contributed by atoms with Crippen LogP contribution in [0.15, 0.2) is 71.6 Å². The summed E-state index contributed by atoms with van der Waals surface area (Å²) in [5.74, 6) is -0.127. The molecule has 4 rings (SSSR count). The van der Waals surface area contributed by atoms with Gasteiger partial charge in [0.05, 0.1) is 10.6 Å². The van der Waals surface area contributed by atoms with E-state index in [0.29, 0.717) is 16.4 Å². The van der Waals surface area contributed by atoms with Gasteiger partial charge in [-0.05, 0) is 92.5 Å². The molecule has 1 aliphatic heterocycles. The first-order valence-corrected chi connectivity index (χ1v) is 13.6. The number of anilines is 2. The zero-order chi connectivity index (χ0) is 25.0. The van der Waals surface area contributed by atoms with Gasteiger partial charge in [0, 0.05) is 28.2 Å². The van der Waals surface area contributed by atoms with Gasteiger partial charge in [0.1, 0.15) is 0 Å². The van der Waals surface area contributed by atoms with Crippen molar-refractivity contribution in [3.05, 3.63) is 87.9 Å². The molecule has 2 N–H and O–H groups in total. The van der Waals surface area contributed by atoms with Crippen molar-refractivity contribution in [2.24, 2.45) is 5.92 Å². The quantitative estimate of drug-likeness (QED) is 0.394. The fourth-order valence-corrected chi connectivity index (χ4v) is 5.52. The number of nitrogens with zero attached hydrogens (tertiary/aromatic N) is 1. The minimum Gasteiger partial charge on any atom is -0.326 e. The summed E-state index contributed by atoms with van der Waals surface area (Å²) in [6.45, 7) is 4.32. The highest BCUT2D eigenvalue weighted by atomic mass is 35.5.